The van der Waals surface area contributed by atoms with Crippen molar-refractivity contribution >= 4 is 32.9 Å². The van der Waals surface area contributed by atoms with Gasteiger partial charge in [-0.1, -0.05) is 0 Å². The fourth-order valence-electron chi connectivity index (χ4n) is 1.92. The zero-order valence-electron chi connectivity index (χ0n) is 12.3. The molecule has 1 unspecified atom stereocenters. The van der Waals surface area contributed by atoms with Crippen molar-refractivity contribution in [3.05, 3.63) is 28.7 Å². The van der Waals surface area contributed by atoms with Crippen LogP contribution in [0.5, 0.6) is 0 Å². The van der Waals surface area contributed by atoms with Crippen LogP contribution < -0.4 is 10.5 Å². The highest BCUT2D eigenvalue weighted by Crippen LogP contribution is 2.17. The van der Waals surface area contributed by atoms with Gasteiger partial charge in [0.25, 0.3) is 0 Å². The van der Waals surface area contributed by atoms with E-state index >= 15 is 0 Å². The van der Waals surface area contributed by atoms with Crippen molar-refractivity contribution < 1.29 is 17.9 Å². The topological polar surface area (TPSA) is 102 Å². The zero-order chi connectivity index (χ0) is 16.3. The van der Waals surface area contributed by atoms with Crippen molar-refractivity contribution in [1.82, 2.24) is 9.29 Å². The molecule has 2 aromatic rings. The molecule has 7 nitrogen and oxygen atoms in total. The number of hydrogen-bond acceptors (Lipinski definition) is 6. The molecule has 22 heavy (non-hydrogen) atoms. The fourth-order valence-corrected chi connectivity index (χ4v) is 3.52. The highest BCUT2D eigenvalue weighted by atomic mass is 32.2. The van der Waals surface area contributed by atoms with E-state index in [-0.39, 0.29) is 11.4 Å². The Kier molecular flexibility index (Phi) is 5.32. The maximum atomic E-state index is 12.2. The van der Waals surface area contributed by atoms with E-state index in [0.29, 0.717) is 17.5 Å². The molecule has 2 rings (SSSR count). The van der Waals surface area contributed by atoms with Crippen molar-refractivity contribution in [2.24, 2.45) is 7.05 Å². The fraction of sp³-hybridized carbons (Fsp3) is 0.462. The minimum absolute atomic E-state index is 0.0217. The first-order chi connectivity index (χ1) is 10.3. The average molecular weight is 346 g/mol. The van der Waals surface area contributed by atoms with Crippen LogP contribution in [0.2, 0.25) is 0 Å². The number of nitrogens with zero attached hydrogens (tertiary/aromatic N) is 1. The van der Waals surface area contributed by atoms with Crippen LogP contribution in [0.25, 0.3) is 11.1 Å². The Balaban J connectivity index is 2.19. The number of aliphatic hydroxyl groups is 1. The van der Waals surface area contributed by atoms with Gasteiger partial charge in [-0.15, -0.1) is 0 Å². The summed E-state index contributed by atoms with van der Waals surface area (Å²) in [7, 11) is -2.25. The van der Waals surface area contributed by atoms with Gasteiger partial charge in [0.2, 0.25) is 10.0 Å². The molecule has 0 fully saturated rings. The molecule has 1 aromatic carbocycles. The predicted molar refractivity (Wildman–Crippen MR) is 85.6 cm³/mol. The molecule has 0 saturated carbocycles. The van der Waals surface area contributed by atoms with Gasteiger partial charge < -0.3 is 9.52 Å². The number of aryl methyl sites for hydroxylation is 1. The van der Waals surface area contributed by atoms with Crippen LogP contribution in [0.15, 0.2) is 32.3 Å². The van der Waals surface area contributed by atoms with Crippen molar-refractivity contribution in [2.45, 2.75) is 17.4 Å². The highest BCUT2D eigenvalue weighted by molar-refractivity contribution is 7.98. The van der Waals surface area contributed by atoms with Crippen molar-refractivity contribution in [2.75, 3.05) is 18.6 Å². The molecule has 0 spiro atoms. The number of benzene rings is 1. The monoisotopic (exact) mass is 346 g/mol. The standard InChI is InChI=1S/C13H18N2O5S2/c1-15-11-7-10(3-4-12(11)20-13(15)17)22(18,19)14-8-9(16)5-6-21-2/h3-4,7,9,14,16H,5-6,8H2,1-2H3. The lowest BCUT2D eigenvalue weighted by atomic mass is 10.3. The largest absolute Gasteiger partial charge is 0.419 e. The average Bonchev–Trinajstić information content (AvgIpc) is 2.77. The summed E-state index contributed by atoms with van der Waals surface area (Å²) in [6.07, 6.45) is 1.70. The summed E-state index contributed by atoms with van der Waals surface area (Å²) >= 11 is 1.59. The molecule has 0 amide bonds. The van der Waals surface area contributed by atoms with Crippen LogP contribution in [0, 0.1) is 0 Å². The molecule has 0 bridgehead atoms. The first-order valence-electron chi connectivity index (χ1n) is 6.61. The van der Waals surface area contributed by atoms with Crippen LogP contribution in [0.1, 0.15) is 6.42 Å². The minimum atomic E-state index is -3.75. The van der Waals surface area contributed by atoms with Gasteiger partial charge in [-0.25, -0.2) is 17.9 Å². The van der Waals surface area contributed by atoms with Gasteiger partial charge >= 0.3 is 5.76 Å². The molecule has 0 aliphatic heterocycles. The van der Waals surface area contributed by atoms with Crippen molar-refractivity contribution in [3.8, 4) is 0 Å². The molecular weight excluding hydrogens is 328 g/mol. The first kappa shape index (κ1) is 17.1. The molecule has 1 aromatic heterocycles. The summed E-state index contributed by atoms with van der Waals surface area (Å²) in [6, 6.07) is 4.17. The van der Waals surface area contributed by atoms with Gasteiger partial charge in [0.15, 0.2) is 5.58 Å². The third-order valence-electron chi connectivity index (χ3n) is 3.24. The number of aromatic nitrogens is 1. The third-order valence-corrected chi connectivity index (χ3v) is 5.30. The second-order valence-corrected chi connectivity index (χ2v) is 7.60. The first-order valence-corrected chi connectivity index (χ1v) is 9.49. The maximum absolute atomic E-state index is 12.2. The Morgan fingerprint density at radius 2 is 2.18 bits per heavy atom. The van der Waals surface area contributed by atoms with E-state index in [4.69, 9.17) is 4.42 Å². The summed E-state index contributed by atoms with van der Waals surface area (Å²) in [5, 5.41) is 9.71. The lowest BCUT2D eigenvalue weighted by Crippen LogP contribution is -2.32. The molecule has 1 heterocycles. The number of sulfonamides is 1. The number of fused-ring (bicyclic) bond motifs is 1. The highest BCUT2D eigenvalue weighted by Gasteiger charge is 2.18. The number of rotatable bonds is 7. The Morgan fingerprint density at radius 3 is 2.86 bits per heavy atom. The second kappa shape index (κ2) is 6.86. The molecule has 9 heteroatoms. The number of aliphatic hydroxyl groups excluding tert-OH is 1. The molecule has 122 valence electrons. The van der Waals surface area contributed by atoms with Crippen molar-refractivity contribution in [3.63, 3.8) is 0 Å². The number of hydrogen-bond donors (Lipinski definition) is 2. The van der Waals surface area contributed by atoms with Gasteiger partial charge in [0.05, 0.1) is 16.5 Å². The Bertz CT molecular complexity index is 809. The molecule has 0 aliphatic rings. The van der Waals surface area contributed by atoms with Crippen molar-refractivity contribution in [1.29, 1.82) is 0 Å². The molecule has 2 N–H and O–H groups in total. The van der Waals surface area contributed by atoms with Gasteiger partial charge in [-0.2, -0.15) is 11.8 Å². The summed E-state index contributed by atoms with van der Waals surface area (Å²) in [6.45, 7) is -0.0503. The lowest BCUT2D eigenvalue weighted by molar-refractivity contribution is 0.175. The Hall–Kier alpha value is -1.29. The molecule has 0 radical (unpaired) electrons. The van der Waals surface area contributed by atoms with Crippen LogP contribution in [0.4, 0.5) is 0 Å². The van der Waals surface area contributed by atoms with Crippen LogP contribution >= 0.6 is 11.8 Å². The van der Waals surface area contributed by atoms with Crippen LogP contribution in [-0.4, -0.2) is 42.7 Å². The van der Waals surface area contributed by atoms with Gasteiger partial charge in [-0.3, -0.25) is 4.57 Å². The quantitative estimate of drug-likeness (QED) is 0.758. The third kappa shape index (κ3) is 3.72. The van der Waals surface area contributed by atoms with Gasteiger partial charge in [0, 0.05) is 13.6 Å². The normalized spacial score (nSPS) is 13.6. The van der Waals surface area contributed by atoms with Gasteiger partial charge in [-0.05, 0) is 36.6 Å². The van der Waals surface area contributed by atoms with E-state index < -0.39 is 21.9 Å². The number of oxazole rings is 1. The summed E-state index contributed by atoms with van der Waals surface area (Å²) < 4.78 is 33.0. The number of thioether (sulfide) groups is 1. The summed E-state index contributed by atoms with van der Waals surface area (Å²) in [5.41, 5.74) is 0.724. The Labute approximate surface area is 132 Å². The smallest absolute Gasteiger partial charge is 0.408 e. The second-order valence-electron chi connectivity index (χ2n) is 4.84. The molecular formula is C13H18N2O5S2. The summed E-state index contributed by atoms with van der Waals surface area (Å²) in [4.78, 5) is 11.4. The van der Waals surface area contributed by atoms with E-state index in [1.165, 1.54) is 29.8 Å². The zero-order valence-corrected chi connectivity index (χ0v) is 13.9. The van der Waals surface area contributed by atoms with E-state index in [0.717, 1.165) is 5.75 Å². The molecule has 0 saturated heterocycles. The van der Waals surface area contributed by atoms with E-state index in [9.17, 15) is 18.3 Å². The van der Waals surface area contributed by atoms with Crippen LogP contribution in [0.3, 0.4) is 0 Å². The predicted octanol–water partition coefficient (Wildman–Crippen LogP) is 0.524. The minimum Gasteiger partial charge on any atom is -0.408 e. The van der Waals surface area contributed by atoms with Crippen LogP contribution in [-0.2, 0) is 17.1 Å². The van der Waals surface area contributed by atoms with E-state index in [2.05, 4.69) is 4.72 Å². The van der Waals surface area contributed by atoms with E-state index in [1.807, 2.05) is 6.26 Å². The maximum Gasteiger partial charge on any atom is 0.419 e. The Morgan fingerprint density at radius 1 is 1.45 bits per heavy atom. The van der Waals surface area contributed by atoms with Gasteiger partial charge in [0.1, 0.15) is 0 Å². The molecule has 0 aliphatic carbocycles. The lowest BCUT2D eigenvalue weighted by Gasteiger charge is -2.11. The van der Waals surface area contributed by atoms with E-state index in [1.54, 1.807) is 11.8 Å². The number of nitrogens with one attached hydrogen (secondary N) is 1. The summed E-state index contributed by atoms with van der Waals surface area (Å²) in [5.74, 6) is 0.205. The SMILES string of the molecule is CSCCC(O)CNS(=O)(=O)c1ccc2oc(=O)n(C)c2c1. The molecule has 1 atom stereocenters.